The first-order valence-electron chi connectivity index (χ1n) is 8.03. The van der Waals surface area contributed by atoms with E-state index < -0.39 is 29.0 Å². The second-order valence-corrected chi connectivity index (χ2v) is 5.88. The maximum atomic E-state index is 13.3. The van der Waals surface area contributed by atoms with E-state index in [-0.39, 0.29) is 17.9 Å². The van der Waals surface area contributed by atoms with Gasteiger partial charge in [0.1, 0.15) is 11.5 Å². The van der Waals surface area contributed by atoms with Crippen LogP contribution in [0.25, 0.3) is 0 Å². The normalized spacial score (nSPS) is 11.3. The minimum absolute atomic E-state index is 0.0653. The predicted octanol–water partition coefficient (Wildman–Crippen LogP) is 3.70. The fourth-order valence-electron chi connectivity index (χ4n) is 2.46. The monoisotopic (exact) mass is 391 g/mol. The third-order valence-corrected chi connectivity index (χ3v) is 3.77. The van der Waals surface area contributed by atoms with Crippen LogP contribution in [0.1, 0.15) is 21.6 Å². The minimum atomic E-state index is -4.54. The summed E-state index contributed by atoms with van der Waals surface area (Å²) in [4.78, 5) is 24.3. The summed E-state index contributed by atoms with van der Waals surface area (Å²) in [5.74, 6) is -1.27. The van der Waals surface area contributed by atoms with Gasteiger partial charge < -0.3 is 5.32 Å². The molecule has 0 saturated carbocycles. The number of benzene rings is 2. The molecule has 0 aliphatic carbocycles. The van der Waals surface area contributed by atoms with E-state index in [4.69, 9.17) is 0 Å². The number of nitrogens with zero attached hydrogens (tertiary/aromatic N) is 2. The standard InChI is InChI=1S/C19H13F4N3O2/c20-14-5-1-3-12(9-14)11-26-17(27)8-7-16(25-26)18(28)24-15-6-2-4-13(10-15)19(21,22)23/h1-10H,11H2,(H,24,28). The second kappa shape index (κ2) is 7.63. The molecule has 3 aromatic rings. The number of alkyl halides is 3. The number of rotatable bonds is 4. The molecule has 0 aliphatic rings. The Kier molecular flexibility index (Phi) is 5.25. The van der Waals surface area contributed by atoms with E-state index in [1.54, 1.807) is 6.07 Å². The first-order valence-corrected chi connectivity index (χ1v) is 8.03. The van der Waals surface area contributed by atoms with Crippen LogP contribution in [0.15, 0.2) is 65.5 Å². The zero-order chi connectivity index (χ0) is 20.3. The predicted molar refractivity (Wildman–Crippen MR) is 93.4 cm³/mol. The van der Waals surface area contributed by atoms with Gasteiger partial charge in [0.15, 0.2) is 0 Å². The Morgan fingerprint density at radius 2 is 1.79 bits per heavy atom. The SMILES string of the molecule is O=C(Nc1cccc(C(F)(F)F)c1)c1ccc(=O)n(Cc2cccc(F)c2)n1. The van der Waals surface area contributed by atoms with E-state index >= 15 is 0 Å². The third kappa shape index (κ3) is 4.61. The molecule has 0 aliphatic heterocycles. The molecule has 0 saturated heterocycles. The van der Waals surface area contributed by atoms with Gasteiger partial charge in [0.2, 0.25) is 0 Å². The number of halogens is 4. The lowest BCUT2D eigenvalue weighted by atomic mass is 10.2. The van der Waals surface area contributed by atoms with Crippen LogP contribution in [-0.4, -0.2) is 15.7 Å². The van der Waals surface area contributed by atoms with E-state index in [0.717, 1.165) is 35.0 Å². The van der Waals surface area contributed by atoms with Gasteiger partial charge in [0.25, 0.3) is 11.5 Å². The van der Waals surface area contributed by atoms with Crippen LogP contribution in [0.5, 0.6) is 0 Å². The Morgan fingerprint density at radius 1 is 1.04 bits per heavy atom. The van der Waals surface area contributed by atoms with Crippen LogP contribution in [0.3, 0.4) is 0 Å². The van der Waals surface area contributed by atoms with E-state index in [2.05, 4.69) is 10.4 Å². The molecule has 0 atom stereocenters. The highest BCUT2D eigenvalue weighted by Gasteiger charge is 2.30. The maximum Gasteiger partial charge on any atom is 0.416 e. The smallest absolute Gasteiger partial charge is 0.321 e. The lowest BCUT2D eigenvalue weighted by Crippen LogP contribution is -2.26. The summed E-state index contributed by atoms with van der Waals surface area (Å²) >= 11 is 0. The zero-order valence-corrected chi connectivity index (χ0v) is 14.2. The van der Waals surface area contributed by atoms with Crippen molar-refractivity contribution in [3.63, 3.8) is 0 Å². The Hall–Kier alpha value is -3.49. The molecule has 1 aromatic heterocycles. The molecule has 144 valence electrons. The molecule has 0 unspecified atom stereocenters. The number of nitrogens with one attached hydrogen (secondary N) is 1. The molecule has 28 heavy (non-hydrogen) atoms. The van der Waals surface area contributed by atoms with Crippen LogP contribution in [-0.2, 0) is 12.7 Å². The van der Waals surface area contributed by atoms with Crippen molar-refractivity contribution in [1.82, 2.24) is 9.78 Å². The topological polar surface area (TPSA) is 64.0 Å². The maximum absolute atomic E-state index is 13.3. The van der Waals surface area contributed by atoms with Crippen LogP contribution in [0, 0.1) is 5.82 Å². The van der Waals surface area contributed by atoms with Crippen molar-refractivity contribution in [2.24, 2.45) is 0 Å². The summed E-state index contributed by atoms with van der Waals surface area (Å²) in [6.45, 7) is -0.0682. The molecule has 1 heterocycles. The fraction of sp³-hybridized carbons (Fsp3) is 0.105. The highest BCUT2D eigenvalue weighted by atomic mass is 19.4. The molecule has 5 nitrogen and oxygen atoms in total. The zero-order valence-electron chi connectivity index (χ0n) is 14.2. The van der Waals surface area contributed by atoms with E-state index in [9.17, 15) is 27.2 Å². The molecule has 3 rings (SSSR count). The number of hydrogen-bond acceptors (Lipinski definition) is 3. The van der Waals surface area contributed by atoms with Gasteiger partial charge >= 0.3 is 6.18 Å². The van der Waals surface area contributed by atoms with Crippen molar-refractivity contribution in [1.29, 1.82) is 0 Å². The van der Waals surface area contributed by atoms with Crippen LogP contribution < -0.4 is 10.9 Å². The van der Waals surface area contributed by atoms with Crippen LogP contribution in [0.2, 0.25) is 0 Å². The molecule has 0 spiro atoms. The average molecular weight is 391 g/mol. The van der Waals surface area contributed by atoms with Crippen molar-refractivity contribution in [2.75, 3.05) is 5.32 Å². The lowest BCUT2D eigenvalue weighted by molar-refractivity contribution is -0.137. The number of amides is 1. The summed E-state index contributed by atoms with van der Waals surface area (Å²) in [7, 11) is 0. The largest absolute Gasteiger partial charge is 0.416 e. The summed E-state index contributed by atoms with van der Waals surface area (Å²) in [6, 6.07) is 11.9. The average Bonchev–Trinajstić information content (AvgIpc) is 2.63. The first kappa shape index (κ1) is 19.3. The Labute approximate surface area is 156 Å². The molecule has 0 radical (unpaired) electrons. The number of carbonyl (C=O) groups is 1. The van der Waals surface area contributed by atoms with Gasteiger partial charge in [-0.15, -0.1) is 0 Å². The quantitative estimate of drug-likeness (QED) is 0.690. The second-order valence-electron chi connectivity index (χ2n) is 5.88. The molecule has 0 bridgehead atoms. The molecule has 2 aromatic carbocycles. The number of carbonyl (C=O) groups excluding carboxylic acids is 1. The van der Waals surface area contributed by atoms with Crippen molar-refractivity contribution < 1.29 is 22.4 Å². The lowest BCUT2D eigenvalue weighted by Gasteiger charge is -2.10. The first-order chi connectivity index (χ1) is 13.2. The van der Waals surface area contributed by atoms with Crippen molar-refractivity contribution in [2.45, 2.75) is 12.7 Å². The van der Waals surface area contributed by atoms with Gasteiger partial charge in [0.05, 0.1) is 12.1 Å². The Morgan fingerprint density at radius 3 is 2.50 bits per heavy atom. The Balaban J connectivity index is 1.82. The van der Waals surface area contributed by atoms with Gasteiger partial charge in [0, 0.05) is 11.8 Å². The van der Waals surface area contributed by atoms with Crippen LogP contribution >= 0.6 is 0 Å². The van der Waals surface area contributed by atoms with E-state index in [1.165, 1.54) is 24.3 Å². The molecule has 9 heteroatoms. The Bertz CT molecular complexity index is 1080. The summed E-state index contributed by atoms with van der Waals surface area (Å²) in [5.41, 5.74) is -1.20. The van der Waals surface area contributed by atoms with E-state index in [0.29, 0.717) is 5.56 Å². The number of anilines is 1. The summed E-state index contributed by atoms with van der Waals surface area (Å²) in [6.07, 6.45) is -4.54. The van der Waals surface area contributed by atoms with Gasteiger partial charge in [-0.2, -0.15) is 18.3 Å². The summed E-state index contributed by atoms with van der Waals surface area (Å²) in [5, 5.41) is 6.23. The third-order valence-electron chi connectivity index (χ3n) is 3.77. The summed E-state index contributed by atoms with van der Waals surface area (Å²) < 4.78 is 52.6. The fourth-order valence-corrected chi connectivity index (χ4v) is 2.46. The highest BCUT2D eigenvalue weighted by molar-refractivity contribution is 6.02. The van der Waals surface area contributed by atoms with Gasteiger partial charge in [-0.1, -0.05) is 18.2 Å². The van der Waals surface area contributed by atoms with Crippen LogP contribution in [0.4, 0.5) is 23.2 Å². The molecule has 0 fully saturated rings. The molecule has 1 N–H and O–H groups in total. The van der Waals surface area contributed by atoms with Crippen molar-refractivity contribution in [3.8, 4) is 0 Å². The van der Waals surface area contributed by atoms with Crippen molar-refractivity contribution >= 4 is 11.6 Å². The van der Waals surface area contributed by atoms with Crippen molar-refractivity contribution in [3.05, 3.63) is 93.7 Å². The van der Waals surface area contributed by atoms with Gasteiger partial charge in [-0.05, 0) is 42.0 Å². The number of aromatic nitrogens is 2. The van der Waals surface area contributed by atoms with E-state index in [1.807, 2.05) is 0 Å². The molecular weight excluding hydrogens is 378 g/mol. The van der Waals surface area contributed by atoms with Gasteiger partial charge in [-0.25, -0.2) is 9.07 Å². The molecular formula is C19H13F4N3O2. The number of hydrogen-bond donors (Lipinski definition) is 1. The van der Waals surface area contributed by atoms with Gasteiger partial charge in [-0.3, -0.25) is 9.59 Å². The molecule has 1 amide bonds. The minimum Gasteiger partial charge on any atom is -0.321 e. The highest BCUT2D eigenvalue weighted by Crippen LogP contribution is 2.30.